The summed E-state index contributed by atoms with van der Waals surface area (Å²) in [5.41, 5.74) is 7.20. The van der Waals surface area contributed by atoms with E-state index in [9.17, 15) is 4.79 Å². The van der Waals surface area contributed by atoms with E-state index in [1.807, 2.05) is 18.2 Å². The second kappa shape index (κ2) is 4.90. The van der Waals surface area contributed by atoms with Gasteiger partial charge >= 0.3 is 0 Å². The molecule has 0 saturated carbocycles. The molecule has 2 heterocycles. The molecule has 2 aliphatic rings. The quantitative estimate of drug-likeness (QED) is 0.876. The highest BCUT2D eigenvalue weighted by atomic mass is 16.6. The van der Waals surface area contributed by atoms with Gasteiger partial charge in [-0.1, -0.05) is 17.3 Å². The van der Waals surface area contributed by atoms with Gasteiger partial charge in [-0.3, -0.25) is 4.79 Å². The number of carbonyl (C=O) groups is 1. The van der Waals surface area contributed by atoms with Crippen molar-refractivity contribution in [3.05, 3.63) is 29.3 Å². The number of hydrogen-bond donors (Lipinski definition) is 1. The van der Waals surface area contributed by atoms with Crippen molar-refractivity contribution < 1.29 is 9.63 Å². The number of benzene rings is 1. The third-order valence-electron chi connectivity index (χ3n) is 4.47. The Morgan fingerprint density at radius 3 is 2.85 bits per heavy atom. The monoisotopic (exact) mass is 273 g/mol. The minimum Gasteiger partial charge on any atom is -0.369 e. The zero-order valence-electron chi connectivity index (χ0n) is 11.6. The van der Waals surface area contributed by atoms with E-state index in [1.54, 1.807) is 6.21 Å². The summed E-state index contributed by atoms with van der Waals surface area (Å²) in [5.74, 6) is 0.495. The first-order chi connectivity index (χ1) is 9.62. The molecule has 1 fully saturated rings. The molecule has 0 atom stereocenters. The standard InChI is InChI=1S/C15H19N3O2/c1-18-8-5-15(6-9-18,14(16)19)12-3-2-11-4-7-17-20-13(11)10-12/h2-3,7,10H,4-6,8-9H2,1H3,(H2,16,19). The molecule has 1 aromatic rings. The highest BCUT2D eigenvalue weighted by Gasteiger charge is 2.41. The number of amides is 1. The van der Waals surface area contributed by atoms with Crippen LogP contribution in [0.2, 0.25) is 0 Å². The van der Waals surface area contributed by atoms with Crippen LogP contribution in [0.1, 0.15) is 24.0 Å². The van der Waals surface area contributed by atoms with E-state index in [2.05, 4.69) is 17.1 Å². The van der Waals surface area contributed by atoms with Crippen molar-refractivity contribution in [3.8, 4) is 5.75 Å². The largest absolute Gasteiger partial charge is 0.369 e. The van der Waals surface area contributed by atoms with Crippen molar-refractivity contribution in [2.24, 2.45) is 10.9 Å². The minimum atomic E-state index is -0.577. The number of piperidine rings is 1. The van der Waals surface area contributed by atoms with Crippen molar-refractivity contribution in [1.29, 1.82) is 0 Å². The Labute approximate surface area is 118 Å². The Kier molecular flexibility index (Phi) is 3.22. The van der Waals surface area contributed by atoms with E-state index in [0.29, 0.717) is 0 Å². The number of carbonyl (C=O) groups excluding carboxylic acids is 1. The number of nitrogens with two attached hydrogens (primary N) is 1. The Bertz CT molecular complexity index is 560. The van der Waals surface area contributed by atoms with Crippen molar-refractivity contribution in [1.82, 2.24) is 4.90 Å². The molecule has 2 aliphatic heterocycles. The summed E-state index contributed by atoms with van der Waals surface area (Å²) in [7, 11) is 2.07. The molecule has 5 nitrogen and oxygen atoms in total. The molecule has 0 bridgehead atoms. The SMILES string of the molecule is CN1CCC(C(N)=O)(c2ccc3c(c2)ON=CC3)CC1. The van der Waals surface area contributed by atoms with Gasteiger partial charge in [-0.25, -0.2) is 0 Å². The van der Waals surface area contributed by atoms with Crippen LogP contribution in [-0.4, -0.2) is 37.2 Å². The van der Waals surface area contributed by atoms with Crippen LogP contribution in [0.25, 0.3) is 0 Å². The molecule has 5 heteroatoms. The molecule has 1 amide bonds. The van der Waals surface area contributed by atoms with Gasteiger partial charge in [-0.05, 0) is 44.6 Å². The average Bonchev–Trinajstić information content (AvgIpc) is 2.47. The van der Waals surface area contributed by atoms with Gasteiger partial charge in [0.2, 0.25) is 5.91 Å². The van der Waals surface area contributed by atoms with Crippen molar-refractivity contribution in [2.75, 3.05) is 20.1 Å². The lowest BCUT2D eigenvalue weighted by Crippen LogP contribution is -2.49. The first-order valence-electron chi connectivity index (χ1n) is 6.92. The fourth-order valence-electron chi connectivity index (χ4n) is 3.01. The Balaban J connectivity index is 1.99. The number of hydrogen-bond acceptors (Lipinski definition) is 4. The Hall–Kier alpha value is -1.88. The summed E-state index contributed by atoms with van der Waals surface area (Å²) in [5, 5.41) is 3.83. The summed E-state index contributed by atoms with van der Waals surface area (Å²) < 4.78 is 0. The molecular weight excluding hydrogens is 254 g/mol. The maximum Gasteiger partial charge on any atom is 0.228 e. The van der Waals surface area contributed by atoms with Crippen LogP contribution >= 0.6 is 0 Å². The maximum atomic E-state index is 12.1. The van der Waals surface area contributed by atoms with E-state index < -0.39 is 5.41 Å². The fraction of sp³-hybridized carbons (Fsp3) is 0.467. The van der Waals surface area contributed by atoms with Crippen LogP contribution in [0.4, 0.5) is 0 Å². The summed E-state index contributed by atoms with van der Waals surface area (Å²) >= 11 is 0. The second-order valence-corrected chi connectivity index (χ2v) is 5.66. The maximum absolute atomic E-state index is 12.1. The Morgan fingerprint density at radius 2 is 2.15 bits per heavy atom. The van der Waals surface area contributed by atoms with Crippen LogP contribution in [0, 0.1) is 0 Å². The molecule has 0 spiro atoms. The highest BCUT2D eigenvalue weighted by Crippen LogP contribution is 2.38. The first kappa shape index (κ1) is 13.1. The molecule has 0 radical (unpaired) electrons. The molecule has 1 saturated heterocycles. The van der Waals surface area contributed by atoms with Gasteiger partial charge in [-0.2, -0.15) is 0 Å². The van der Waals surface area contributed by atoms with E-state index in [0.717, 1.165) is 49.2 Å². The third kappa shape index (κ3) is 2.08. The zero-order valence-corrected chi connectivity index (χ0v) is 11.6. The smallest absolute Gasteiger partial charge is 0.228 e. The van der Waals surface area contributed by atoms with Gasteiger partial charge in [0, 0.05) is 18.2 Å². The molecule has 2 N–H and O–H groups in total. The van der Waals surface area contributed by atoms with Crippen molar-refractivity contribution in [2.45, 2.75) is 24.7 Å². The lowest BCUT2D eigenvalue weighted by molar-refractivity contribution is -0.125. The van der Waals surface area contributed by atoms with Crippen LogP contribution in [0.15, 0.2) is 23.4 Å². The fourth-order valence-corrected chi connectivity index (χ4v) is 3.01. The van der Waals surface area contributed by atoms with Gasteiger partial charge in [0.15, 0.2) is 5.75 Å². The summed E-state index contributed by atoms with van der Waals surface area (Å²) in [6, 6.07) is 5.96. The van der Waals surface area contributed by atoms with Crippen molar-refractivity contribution >= 4 is 12.1 Å². The Morgan fingerprint density at radius 1 is 1.40 bits per heavy atom. The van der Waals surface area contributed by atoms with Gasteiger partial charge in [-0.15, -0.1) is 0 Å². The normalized spacial score (nSPS) is 21.1. The number of nitrogens with zero attached hydrogens (tertiary/aromatic N) is 2. The van der Waals surface area contributed by atoms with E-state index >= 15 is 0 Å². The molecule has 0 aromatic heterocycles. The molecule has 0 aliphatic carbocycles. The van der Waals surface area contributed by atoms with Crippen LogP contribution in [-0.2, 0) is 16.6 Å². The highest BCUT2D eigenvalue weighted by molar-refractivity contribution is 5.87. The zero-order chi connectivity index (χ0) is 14.2. The predicted molar refractivity (Wildman–Crippen MR) is 76.9 cm³/mol. The van der Waals surface area contributed by atoms with Crippen molar-refractivity contribution in [3.63, 3.8) is 0 Å². The number of oxime groups is 1. The summed E-state index contributed by atoms with van der Waals surface area (Å²) in [6.45, 7) is 1.75. The summed E-state index contributed by atoms with van der Waals surface area (Å²) in [4.78, 5) is 19.6. The third-order valence-corrected chi connectivity index (χ3v) is 4.47. The number of rotatable bonds is 2. The van der Waals surface area contributed by atoms with Crippen LogP contribution in [0.5, 0.6) is 5.75 Å². The topological polar surface area (TPSA) is 67.9 Å². The molecule has 1 aromatic carbocycles. The lowest BCUT2D eigenvalue weighted by Gasteiger charge is -2.38. The van der Waals surface area contributed by atoms with Gasteiger partial charge < -0.3 is 15.5 Å². The average molecular weight is 273 g/mol. The summed E-state index contributed by atoms with van der Waals surface area (Å²) in [6.07, 6.45) is 4.01. The van der Waals surface area contributed by atoms with Gasteiger partial charge in [0.25, 0.3) is 0 Å². The number of likely N-dealkylation sites (tertiary alicyclic amines) is 1. The van der Waals surface area contributed by atoms with Crippen LogP contribution in [0.3, 0.4) is 0 Å². The first-order valence-corrected chi connectivity index (χ1v) is 6.92. The predicted octanol–water partition coefficient (Wildman–Crippen LogP) is 1.06. The molecule has 106 valence electrons. The lowest BCUT2D eigenvalue weighted by atomic mass is 9.72. The van der Waals surface area contributed by atoms with E-state index in [-0.39, 0.29) is 5.91 Å². The minimum absolute atomic E-state index is 0.245. The number of fused-ring (bicyclic) bond motifs is 1. The number of primary amides is 1. The van der Waals surface area contributed by atoms with E-state index in [1.165, 1.54) is 0 Å². The molecule has 20 heavy (non-hydrogen) atoms. The molecular formula is C15H19N3O2. The van der Waals surface area contributed by atoms with Crippen LogP contribution < -0.4 is 10.6 Å². The van der Waals surface area contributed by atoms with Gasteiger partial charge in [0.1, 0.15) is 0 Å². The molecule has 0 unspecified atom stereocenters. The second-order valence-electron chi connectivity index (χ2n) is 5.66. The molecule has 3 rings (SSSR count). The van der Waals surface area contributed by atoms with Gasteiger partial charge in [0.05, 0.1) is 5.41 Å². The van der Waals surface area contributed by atoms with E-state index in [4.69, 9.17) is 10.6 Å².